The Balaban J connectivity index is 1.98. The summed E-state index contributed by atoms with van der Waals surface area (Å²) in [5.41, 5.74) is 3.08. The average Bonchev–Trinajstić information content (AvgIpc) is 2.63. The lowest BCUT2D eigenvalue weighted by atomic mass is 10.2. The molecule has 0 aromatic heterocycles. The maximum atomic E-state index is 12.5. The van der Waals surface area contributed by atoms with Crippen LogP contribution >= 0.6 is 0 Å². The number of benzene rings is 2. The summed E-state index contributed by atoms with van der Waals surface area (Å²) in [6.07, 6.45) is 1.25. The van der Waals surface area contributed by atoms with Crippen molar-refractivity contribution in [3.63, 3.8) is 0 Å². The number of phenolic OH excluding ortho intramolecular Hbond substituents is 1. The van der Waals surface area contributed by atoms with Gasteiger partial charge in [-0.3, -0.25) is 9.59 Å². The molecular weight excluding hydrogens is 384 g/mol. The number of sulfonamides is 1. The van der Waals surface area contributed by atoms with Gasteiger partial charge in [-0.25, -0.2) is 13.8 Å². The normalized spacial score (nSPS) is 11.5. The highest BCUT2D eigenvalue weighted by molar-refractivity contribution is 7.89. The van der Waals surface area contributed by atoms with Crippen molar-refractivity contribution in [3.8, 4) is 5.75 Å². The lowest BCUT2D eigenvalue weighted by Crippen LogP contribution is -2.36. The van der Waals surface area contributed by atoms with E-state index in [-0.39, 0.29) is 16.6 Å². The quantitative estimate of drug-likeness (QED) is 0.471. The summed E-state index contributed by atoms with van der Waals surface area (Å²) in [5.74, 6) is -0.913. The van der Waals surface area contributed by atoms with E-state index in [9.17, 15) is 23.1 Å². The first-order valence-corrected chi connectivity index (χ1v) is 9.58. The van der Waals surface area contributed by atoms with Crippen LogP contribution in [0.2, 0.25) is 0 Å². The van der Waals surface area contributed by atoms with Crippen molar-refractivity contribution in [2.45, 2.75) is 11.8 Å². The number of carbonyl (C=O) groups is 2. The number of hydrazone groups is 1. The standard InChI is InChI=1S/C18H20N4O5S/c1-13(23)20-15-7-9-16(10-8-15)28(26,27)22(2)12-18(25)21-19-11-14-5-3-4-6-17(14)24/h3-11,24H,12H2,1-2H3,(H,20,23)(H,21,25). The summed E-state index contributed by atoms with van der Waals surface area (Å²) in [4.78, 5) is 22.9. The Hall–Kier alpha value is -3.24. The third-order valence-electron chi connectivity index (χ3n) is 3.58. The van der Waals surface area contributed by atoms with E-state index in [1.54, 1.807) is 18.2 Å². The van der Waals surface area contributed by atoms with Crippen LogP contribution in [0, 0.1) is 0 Å². The number of hydrogen-bond donors (Lipinski definition) is 3. The van der Waals surface area contributed by atoms with Gasteiger partial charge < -0.3 is 10.4 Å². The maximum absolute atomic E-state index is 12.5. The summed E-state index contributed by atoms with van der Waals surface area (Å²) < 4.78 is 25.9. The Kier molecular flexibility index (Phi) is 6.85. The van der Waals surface area contributed by atoms with Crippen LogP contribution in [-0.4, -0.2) is 49.5 Å². The lowest BCUT2D eigenvalue weighted by molar-refractivity contribution is -0.121. The maximum Gasteiger partial charge on any atom is 0.255 e. The molecule has 0 saturated carbocycles. The molecule has 2 amide bonds. The molecule has 2 rings (SSSR count). The molecular formula is C18H20N4O5S. The smallest absolute Gasteiger partial charge is 0.255 e. The van der Waals surface area contributed by atoms with Crippen molar-refractivity contribution < 1.29 is 23.1 Å². The molecule has 2 aromatic carbocycles. The van der Waals surface area contributed by atoms with Gasteiger partial charge in [0.15, 0.2) is 0 Å². The van der Waals surface area contributed by atoms with Gasteiger partial charge in [0, 0.05) is 25.2 Å². The van der Waals surface area contributed by atoms with Crippen LogP contribution in [0.25, 0.3) is 0 Å². The summed E-state index contributed by atoms with van der Waals surface area (Å²) in [5, 5.41) is 15.9. The SMILES string of the molecule is CC(=O)Nc1ccc(S(=O)(=O)N(C)CC(=O)NN=Cc2ccccc2O)cc1. The molecule has 0 spiro atoms. The fourth-order valence-corrected chi connectivity index (χ4v) is 3.31. The summed E-state index contributed by atoms with van der Waals surface area (Å²) in [6.45, 7) is 0.895. The van der Waals surface area contributed by atoms with Gasteiger partial charge in [-0.2, -0.15) is 9.41 Å². The van der Waals surface area contributed by atoms with Crippen LogP contribution in [0.4, 0.5) is 5.69 Å². The second kappa shape index (κ2) is 9.11. The number of aromatic hydroxyl groups is 1. The van der Waals surface area contributed by atoms with Crippen molar-refractivity contribution in [1.29, 1.82) is 0 Å². The summed E-state index contributed by atoms with van der Waals surface area (Å²) >= 11 is 0. The Bertz CT molecular complexity index is 987. The highest BCUT2D eigenvalue weighted by Crippen LogP contribution is 2.17. The second-order valence-electron chi connectivity index (χ2n) is 5.82. The van der Waals surface area contributed by atoms with Gasteiger partial charge in [-0.1, -0.05) is 12.1 Å². The van der Waals surface area contributed by atoms with E-state index >= 15 is 0 Å². The molecule has 28 heavy (non-hydrogen) atoms. The number of anilines is 1. The molecule has 148 valence electrons. The van der Waals surface area contributed by atoms with Gasteiger partial charge in [-0.15, -0.1) is 0 Å². The molecule has 9 nitrogen and oxygen atoms in total. The first-order valence-electron chi connectivity index (χ1n) is 8.14. The third-order valence-corrected chi connectivity index (χ3v) is 5.40. The fraction of sp³-hybridized carbons (Fsp3) is 0.167. The van der Waals surface area contributed by atoms with Gasteiger partial charge in [0.25, 0.3) is 5.91 Å². The second-order valence-corrected chi connectivity index (χ2v) is 7.86. The van der Waals surface area contributed by atoms with Crippen LogP contribution in [0.15, 0.2) is 58.5 Å². The van der Waals surface area contributed by atoms with E-state index in [4.69, 9.17) is 0 Å². The van der Waals surface area contributed by atoms with Gasteiger partial charge in [0.2, 0.25) is 15.9 Å². The number of para-hydroxylation sites is 1. The molecule has 0 aliphatic heterocycles. The van der Waals surface area contributed by atoms with E-state index in [0.717, 1.165) is 4.31 Å². The number of likely N-dealkylation sites (N-methyl/N-ethyl adjacent to an activating group) is 1. The number of hydrogen-bond acceptors (Lipinski definition) is 6. The van der Waals surface area contributed by atoms with Gasteiger partial charge >= 0.3 is 0 Å². The molecule has 2 aromatic rings. The number of nitrogens with zero attached hydrogens (tertiary/aromatic N) is 2. The van der Waals surface area contributed by atoms with Gasteiger partial charge in [-0.05, 0) is 36.4 Å². The van der Waals surface area contributed by atoms with Crippen molar-refractivity contribution in [2.24, 2.45) is 5.10 Å². The summed E-state index contributed by atoms with van der Waals surface area (Å²) in [7, 11) is -2.63. The monoisotopic (exact) mass is 404 g/mol. The van der Waals surface area contributed by atoms with Gasteiger partial charge in [0.05, 0.1) is 17.7 Å². The predicted molar refractivity (Wildman–Crippen MR) is 104 cm³/mol. The molecule has 0 heterocycles. The van der Waals surface area contributed by atoms with Crippen LogP contribution < -0.4 is 10.7 Å². The van der Waals surface area contributed by atoms with E-state index in [2.05, 4.69) is 15.8 Å². The van der Waals surface area contributed by atoms with E-state index in [1.807, 2.05) is 0 Å². The molecule has 0 saturated heterocycles. The molecule has 0 fully saturated rings. The number of phenols is 1. The van der Waals surface area contributed by atoms with Crippen LogP contribution in [0.3, 0.4) is 0 Å². The molecule has 0 unspecified atom stereocenters. The number of nitrogens with one attached hydrogen (secondary N) is 2. The minimum atomic E-state index is -3.90. The van der Waals surface area contributed by atoms with Crippen molar-refractivity contribution in [2.75, 3.05) is 18.9 Å². The first kappa shape index (κ1) is 21.1. The molecule has 3 N–H and O–H groups in total. The topological polar surface area (TPSA) is 128 Å². The van der Waals surface area contributed by atoms with Crippen LogP contribution in [-0.2, 0) is 19.6 Å². The largest absolute Gasteiger partial charge is 0.507 e. The molecule has 0 bridgehead atoms. The van der Waals surface area contributed by atoms with Crippen LogP contribution in [0.5, 0.6) is 5.75 Å². The molecule has 10 heteroatoms. The van der Waals surface area contributed by atoms with Crippen molar-refractivity contribution in [1.82, 2.24) is 9.73 Å². The molecule has 0 radical (unpaired) electrons. The molecule has 0 aliphatic carbocycles. The zero-order valence-electron chi connectivity index (χ0n) is 15.3. The summed E-state index contributed by atoms with van der Waals surface area (Å²) in [6, 6.07) is 12.0. The Morgan fingerprint density at radius 3 is 2.39 bits per heavy atom. The Labute approximate surface area is 162 Å². The average molecular weight is 404 g/mol. The highest BCUT2D eigenvalue weighted by Gasteiger charge is 2.22. The predicted octanol–water partition coefficient (Wildman–Crippen LogP) is 1.12. The third kappa shape index (κ3) is 5.63. The number of rotatable bonds is 7. The van der Waals surface area contributed by atoms with Crippen LogP contribution in [0.1, 0.15) is 12.5 Å². The Morgan fingerprint density at radius 2 is 1.79 bits per heavy atom. The molecule has 0 atom stereocenters. The number of carbonyl (C=O) groups excluding carboxylic acids is 2. The molecule has 0 aliphatic rings. The lowest BCUT2D eigenvalue weighted by Gasteiger charge is -2.16. The minimum Gasteiger partial charge on any atom is -0.507 e. The van der Waals surface area contributed by atoms with E-state index in [1.165, 1.54) is 50.5 Å². The Morgan fingerprint density at radius 1 is 1.14 bits per heavy atom. The zero-order valence-corrected chi connectivity index (χ0v) is 16.1. The van der Waals surface area contributed by atoms with E-state index in [0.29, 0.717) is 11.3 Å². The first-order chi connectivity index (χ1) is 13.2. The van der Waals surface area contributed by atoms with Gasteiger partial charge in [0.1, 0.15) is 5.75 Å². The minimum absolute atomic E-state index is 0.00269. The van der Waals surface area contributed by atoms with Crippen molar-refractivity contribution >= 4 is 33.7 Å². The van der Waals surface area contributed by atoms with Crippen molar-refractivity contribution in [3.05, 3.63) is 54.1 Å². The number of amides is 2. The highest BCUT2D eigenvalue weighted by atomic mass is 32.2. The van der Waals surface area contributed by atoms with E-state index < -0.39 is 22.5 Å². The zero-order chi connectivity index (χ0) is 20.7. The fourth-order valence-electron chi connectivity index (χ4n) is 2.19.